The number of halogens is 2. The minimum Gasteiger partial charge on any atom is -0.486 e. The molecule has 1 aromatic heterocycles. The number of amides is 1. The van der Waals surface area contributed by atoms with Crippen LogP contribution in [-0.4, -0.2) is 22.8 Å². The van der Waals surface area contributed by atoms with Crippen LogP contribution < -0.4 is 10.1 Å². The minimum absolute atomic E-state index is 0.108. The second kappa shape index (κ2) is 6.69. The van der Waals surface area contributed by atoms with E-state index in [1.807, 2.05) is 0 Å². The van der Waals surface area contributed by atoms with Crippen LogP contribution in [0.25, 0.3) is 0 Å². The topological polar surface area (TPSA) is 65.4 Å². The summed E-state index contributed by atoms with van der Waals surface area (Å²) in [7, 11) is 1.25. The number of hydrogen-bond acceptors (Lipinski definition) is 4. The van der Waals surface area contributed by atoms with Gasteiger partial charge in [-0.25, -0.2) is 9.78 Å². The number of ether oxygens (including phenoxy) is 2. The Bertz CT molecular complexity index is 616. The number of methoxy groups -OCH3 is 1. The third kappa shape index (κ3) is 3.91. The van der Waals surface area contributed by atoms with Crippen molar-refractivity contribution in [2.24, 2.45) is 0 Å². The quantitative estimate of drug-likeness (QED) is 0.921. The number of anilines is 1. The van der Waals surface area contributed by atoms with Crippen LogP contribution in [-0.2, 0) is 11.3 Å². The summed E-state index contributed by atoms with van der Waals surface area (Å²) in [5.41, 5.74) is 0.469. The fraction of sp³-hybridized carbons (Fsp3) is 0.231. The van der Waals surface area contributed by atoms with E-state index in [4.69, 9.17) is 4.74 Å². The molecule has 2 aromatic rings. The molecule has 0 saturated heterocycles. The van der Waals surface area contributed by atoms with Gasteiger partial charge < -0.3 is 9.47 Å². The van der Waals surface area contributed by atoms with E-state index in [9.17, 15) is 13.6 Å². The number of carbonyl (C=O) groups is 1. The molecule has 0 aliphatic heterocycles. The normalized spacial score (nSPS) is 10.5. The van der Waals surface area contributed by atoms with Crippen molar-refractivity contribution in [3.63, 3.8) is 0 Å². The lowest BCUT2D eigenvalue weighted by Crippen LogP contribution is -2.11. The van der Waals surface area contributed by atoms with Gasteiger partial charge in [-0.3, -0.25) is 9.88 Å². The Kier molecular flexibility index (Phi) is 4.70. The largest absolute Gasteiger partial charge is 0.486 e. The van der Waals surface area contributed by atoms with E-state index in [0.29, 0.717) is 11.4 Å². The van der Waals surface area contributed by atoms with Crippen molar-refractivity contribution in [1.29, 1.82) is 0 Å². The molecule has 0 aliphatic carbocycles. The molecule has 8 heteroatoms. The Morgan fingerprint density at radius 2 is 2.29 bits per heavy atom. The van der Waals surface area contributed by atoms with Gasteiger partial charge in [-0.15, -0.1) is 0 Å². The molecule has 0 unspecified atom stereocenters. The number of carbonyl (C=O) groups excluding carboxylic acids is 1. The molecule has 1 heterocycles. The molecule has 1 aromatic carbocycles. The van der Waals surface area contributed by atoms with Gasteiger partial charge in [0, 0.05) is 24.1 Å². The second-order valence-corrected chi connectivity index (χ2v) is 3.96. The lowest BCUT2D eigenvalue weighted by Gasteiger charge is -2.10. The second-order valence-electron chi connectivity index (χ2n) is 3.96. The zero-order chi connectivity index (χ0) is 15.2. The van der Waals surface area contributed by atoms with E-state index in [0.717, 1.165) is 4.57 Å². The molecule has 1 N–H and O–H groups in total. The van der Waals surface area contributed by atoms with Gasteiger partial charge in [-0.1, -0.05) is 6.07 Å². The number of imidazole rings is 1. The molecule has 112 valence electrons. The summed E-state index contributed by atoms with van der Waals surface area (Å²) in [4.78, 5) is 14.9. The van der Waals surface area contributed by atoms with Crippen LogP contribution in [0.2, 0.25) is 0 Å². The van der Waals surface area contributed by atoms with Gasteiger partial charge >= 0.3 is 12.6 Å². The summed E-state index contributed by atoms with van der Waals surface area (Å²) in [5, 5.41) is 2.47. The number of alkyl halides is 2. The number of nitrogens with zero attached hydrogens (tertiary/aromatic N) is 2. The van der Waals surface area contributed by atoms with Crippen LogP contribution in [0.1, 0.15) is 12.4 Å². The van der Waals surface area contributed by atoms with E-state index < -0.39 is 12.6 Å². The molecule has 0 fully saturated rings. The van der Waals surface area contributed by atoms with E-state index in [1.54, 1.807) is 24.3 Å². The zero-order valence-corrected chi connectivity index (χ0v) is 11.1. The van der Waals surface area contributed by atoms with Crippen molar-refractivity contribution in [2.45, 2.75) is 13.2 Å². The number of aromatic nitrogens is 2. The first kappa shape index (κ1) is 14.8. The van der Waals surface area contributed by atoms with Crippen LogP contribution in [0.4, 0.5) is 19.3 Å². The predicted molar refractivity (Wildman–Crippen MR) is 70.3 cm³/mol. The summed E-state index contributed by atoms with van der Waals surface area (Å²) in [5.74, 6) is 0.518. The van der Waals surface area contributed by atoms with E-state index in [2.05, 4.69) is 15.0 Å². The molecule has 0 aliphatic rings. The van der Waals surface area contributed by atoms with E-state index in [1.165, 1.54) is 19.5 Å². The first-order valence-corrected chi connectivity index (χ1v) is 5.98. The van der Waals surface area contributed by atoms with E-state index in [-0.39, 0.29) is 12.4 Å². The Morgan fingerprint density at radius 3 is 3.00 bits per heavy atom. The van der Waals surface area contributed by atoms with Gasteiger partial charge in [-0.05, 0) is 12.1 Å². The molecule has 21 heavy (non-hydrogen) atoms. The Hall–Kier alpha value is -2.64. The summed E-state index contributed by atoms with van der Waals surface area (Å²) in [6, 6.07) is 6.48. The van der Waals surface area contributed by atoms with Crippen molar-refractivity contribution >= 4 is 11.8 Å². The highest BCUT2D eigenvalue weighted by molar-refractivity contribution is 5.84. The fourth-order valence-electron chi connectivity index (χ4n) is 1.61. The van der Waals surface area contributed by atoms with Crippen molar-refractivity contribution < 1.29 is 23.0 Å². The lowest BCUT2D eigenvalue weighted by molar-refractivity contribution is 0.0632. The number of nitrogens with one attached hydrogen (secondary N) is 1. The standard InChI is InChI=1S/C13H13F2N3O3/c1-20-13(19)17-9-3-2-4-10(7-9)21-8-11-16-5-6-18(11)12(14)15/h2-7,12H,8H2,1H3,(H,17,19). The molecule has 6 nitrogen and oxygen atoms in total. The maximum absolute atomic E-state index is 12.6. The SMILES string of the molecule is COC(=O)Nc1cccc(OCc2nccn2C(F)F)c1. The van der Waals surface area contributed by atoms with Crippen LogP contribution in [0.3, 0.4) is 0 Å². The van der Waals surface area contributed by atoms with Crippen molar-refractivity contribution in [3.05, 3.63) is 42.5 Å². The van der Waals surface area contributed by atoms with Gasteiger partial charge in [0.05, 0.1) is 7.11 Å². The summed E-state index contributed by atoms with van der Waals surface area (Å²) in [6.07, 6.45) is 1.85. The van der Waals surface area contributed by atoms with Crippen LogP contribution in [0, 0.1) is 0 Å². The highest BCUT2D eigenvalue weighted by atomic mass is 19.3. The maximum Gasteiger partial charge on any atom is 0.411 e. The van der Waals surface area contributed by atoms with Crippen LogP contribution in [0.5, 0.6) is 5.75 Å². The molecular weight excluding hydrogens is 284 g/mol. The van der Waals surface area contributed by atoms with Crippen LogP contribution >= 0.6 is 0 Å². The third-order valence-electron chi connectivity index (χ3n) is 2.59. The predicted octanol–water partition coefficient (Wildman–Crippen LogP) is 3.04. The molecule has 0 bridgehead atoms. The smallest absolute Gasteiger partial charge is 0.411 e. The van der Waals surface area contributed by atoms with Crippen LogP contribution in [0.15, 0.2) is 36.7 Å². The van der Waals surface area contributed by atoms with Crippen molar-refractivity contribution in [1.82, 2.24) is 9.55 Å². The van der Waals surface area contributed by atoms with Gasteiger partial charge in [-0.2, -0.15) is 8.78 Å². The van der Waals surface area contributed by atoms with Crippen molar-refractivity contribution in [3.8, 4) is 5.75 Å². The molecule has 0 atom stereocenters. The van der Waals surface area contributed by atoms with Gasteiger partial charge in [0.2, 0.25) is 0 Å². The summed E-state index contributed by atoms with van der Waals surface area (Å²) < 4.78 is 35.9. The first-order chi connectivity index (χ1) is 10.1. The fourth-order valence-corrected chi connectivity index (χ4v) is 1.61. The Morgan fingerprint density at radius 1 is 1.48 bits per heavy atom. The lowest BCUT2D eigenvalue weighted by atomic mass is 10.3. The molecule has 0 spiro atoms. The summed E-state index contributed by atoms with van der Waals surface area (Å²) >= 11 is 0. The highest BCUT2D eigenvalue weighted by Crippen LogP contribution is 2.19. The van der Waals surface area contributed by atoms with Crippen molar-refractivity contribution in [2.75, 3.05) is 12.4 Å². The highest BCUT2D eigenvalue weighted by Gasteiger charge is 2.11. The van der Waals surface area contributed by atoms with E-state index >= 15 is 0 Å². The number of benzene rings is 1. The number of hydrogen-bond donors (Lipinski definition) is 1. The van der Waals surface area contributed by atoms with Gasteiger partial charge in [0.25, 0.3) is 0 Å². The van der Waals surface area contributed by atoms with Gasteiger partial charge in [0.1, 0.15) is 12.4 Å². The average Bonchev–Trinajstić information content (AvgIpc) is 2.94. The maximum atomic E-state index is 12.6. The average molecular weight is 297 g/mol. The van der Waals surface area contributed by atoms with Gasteiger partial charge in [0.15, 0.2) is 5.82 Å². The number of rotatable bonds is 5. The summed E-state index contributed by atoms with van der Waals surface area (Å²) in [6.45, 7) is -2.78. The molecule has 0 radical (unpaired) electrons. The monoisotopic (exact) mass is 297 g/mol. The zero-order valence-electron chi connectivity index (χ0n) is 11.1. The first-order valence-electron chi connectivity index (χ1n) is 5.98. The molecule has 2 rings (SSSR count). The Labute approximate surface area is 119 Å². The molecular formula is C13H13F2N3O3. The molecule has 1 amide bonds. The minimum atomic E-state index is -2.67. The molecule has 0 saturated carbocycles. The third-order valence-corrected chi connectivity index (χ3v) is 2.59. The Balaban J connectivity index is 2.01.